The first-order chi connectivity index (χ1) is 9.03. The maximum Gasteiger partial charge on any atom is 0.254 e. The van der Waals surface area contributed by atoms with Gasteiger partial charge < -0.3 is 15.3 Å². The Bertz CT molecular complexity index is 410. The number of hydrogen-bond donors (Lipinski definition) is 2. The minimum absolute atomic E-state index is 0.0332. The highest BCUT2D eigenvalue weighted by Gasteiger charge is 2.19. The SMILES string of the molecule is CCc1cc(C(=O)N(CCO)C(C)C)cc(NC)n1. The molecule has 106 valence electrons. The monoisotopic (exact) mass is 265 g/mol. The van der Waals surface area contributed by atoms with Crippen molar-refractivity contribution in [3.8, 4) is 0 Å². The summed E-state index contributed by atoms with van der Waals surface area (Å²) in [5.74, 6) is 0.619. The van der Waals surface area contributed by atoms with Crippen LogP contribution in [0.5, 0.6) is 0 Å². The summed E-state index contributed by atoms with van der Waals surface area (Å²) >= 11 is 0. The molecule has 0 bridgehead atoms. The van der Waals surface area contributed by atoms with Crippen LogP contribution in [0.3, 0.4) is 0 Å². The van der Waals surface area contributed by atoms with Crippen LogP contribution in [0.25, 0.3) is 0 Å². The molecule has 0 atom stereocenters. The van der Waals surface area contributed by atoms with Gasteiger partial charge in [-0.25, -0.2) is 4.98 Å². The normalized spacial score (nSPS) is 10.6. The number of anilines is 1. The van der Waals surface area contributed by atoms with Gasteiger partial charge in [-0.2, -0.15) is 0 Å². The van der Waals surface area contributed by atoms with Gasteiger partial charge in [-0.3, -0.25) is 4.79 Å². The van der Waals surface area contributed by atoms with Crippen molar-refractivity contribution in [2.75, 3.05) is 25.5 Å². The van der Waals surface area contributed by atoms with Crippen LogP contribution in [0.1, 0.15) is 36.8 Å². The van der Waals surface area contributed by atoms with Gasteiger partial charge in [0.1, 0.15) is 5.82 Å². The van der Waals surface area contributed by atoms with Crippen LogP contribution < -0.4 is 5.32 Å². The first-order valence-corrected chi connectivity index (χ1v) is 6.64. The average Bonchev–Trinajstić information content (AvgIpc) is 2.42. The van der Waals surface area contributed by atoms with Gasteiger partial charge in [0.15, 0.2) is 0 Å². The molecule has 0 aromatic carbocycles. The van der Waals surface area contributed by atoms with E-state index in [1.165, 1.54) is 0 Å². The maximum atomic E-state index is 12.5. The number of aliphatic hydroxyl groups excluding tert-OH is 1. The van der Waals surface area contributed by atoms with E-state index >= 15 is 0 Å². The number of carbonyl (C=O) groups excluding carboxylic acids is 1. The van der Waals surface area contributed by atoms with Crippen LogP contribution in [-0.4, -0.2) is 47.1 Å². The third-order valence-corrected chi connectivity index (χ3v) is 2.97. The number of nitrogens with zero attached hydrogens (tertiary/aromatic N) is 2. The number of rotatable bonds is 6. The fraction of sp³-hybridized carbons (Fsp3) is 0.571. The van der Waals surface area contributed by atoms with E-state index in [2.05, 4.69) is 10.3 Å². The summed E-state index contributed by atoms with van der Waals surface area (Å²) < 4.78 is 0. The molecule has 0 spiro atoms. The second-order valence-corrected chi connectivity index (χ2v) is 4.65. The van der Waals surface area contributed by atoms with Crippen molar-refractivity contribution >= 4 is 11.7 Å². The van der Waals surface area contributed by atoms with E-state index in [4.69, 9.17) is 5.11 Å². The lowest BCUT2D eigenvalue weighted by Crippen LogP contribution is -2.39. The molecule has 0 saturated carbocycles. The van der Waals surface area contributed by atoms with E-state index in [0.29, 0.717) is 17.9 Å². The molecule has 0 aliphatic rings. The van der Waals surface area contributed by atoms with Crippen LogP contribution in [0, 0.1) is 0 Å². The van der Waals surface area contributed by atoms with Crippen molar-refractivity contribution in [3.05, 3.63) is 23.4 Å². The van der Waals surface area contributed by atoms with Crippen LogP contribution in [-0.2, 0) is 6.42 Å². The Balaban J connectivity index is 3.09. The standard InChI is InChI=1S/C14H23N3O2/c1-5-12-8-11(9-13(15-4)16-12)14(19)17(6-7-18)10(2)3/h8-10,18H,5-7H2,1-4H3,(H,15,16). The number of aliphatic hydroxyl groups is 1. The summed E-state index contributed by atoms with van der Waals surface area (Å²) in [7, 11) is 1.78. The molecular formula is C14H23N3O2. The Kier molecular flexibility index (Phi) is 5.76. The highest BCUT2D eigenvalue weighted by molar-refractivity contribution is 5.95. The fourth-order valence-corrected chi connectivity index (χ4v) is 1.89. The van der Waals surface area contributed by atoms with Gasteiger partial charge in [-0.15, -0.1) is 0 Å². The van der Waals surface area contributed by atoms with Crippen molar-refractivity contribution in [1.29, 1.82) is 0 Å². The fourth-order valence-electron chi connectivity index (χ4n) is 1.89. The number of amides is 1. The molecule has 1 heterocycles. The van der Waals surface area contributed by atoms with Gasteiger partial charge in [0.25, 0.3) is 5.91 Å². The van der Waals surface area contributed by atoms with E-state index in [1.54, 1.807) is 18.0 Å². The summed E-state index contributed by atoms with van der Waals surface area (Å²) in [6.45, 7) is 6.19. The van der Waals surface area contributed by atoms with Crippen LogP contribution in [0.15, 0.2) is 12.1 Å². The largest absolute Gasteiger partial charge is 0.395 e. The minimum Gasteiger partial charge on any atom is -0.395 e. The van der Waals surface area contributed by atoms with E-state index < -0.39 is 0 Å². The van der Waals surface area contributed by atoms with Crippen LogP contribution >= 0.6 is 0 Å². The highest BCUT2D eigenvalue weighted by atomic mass is 16.3. The van der Waals surface area contributed by atoms with Crippen molar-refractivity contribution in [1.82, 2.24) is 9.88 Å². The molecule has 0 aliphatic carbocycles. The second kappa shape index (κ2) is 7.09. The lowest BCUT2D eigenvalue weighted by atomic mass is 10.1. The van der Waals surface area contributed by atoms with Gasteiger partial charge in [-0.05, 0) is 32.4 Å². The summed E-state index contributed by atoms with van der Waals surface area (Å²) in [6, 6.07) is 3.61. The average molecular weight is 265 g/mol. The van der Waals surface area contributed by atoms with Gasteiger partial charge >= 0.3 is 0 Å². The highest BCUT2D eigenvalue weighted by Crippen LogP contribution is 2.14. The van der Waals surface area contributed by atoms with Gasteiger partial charge in [0.2, 0.25) is 0 Å². The first kappa shape index (κ1) is 15.4. The zero-order valence-electron chi connectivity index (χ0n) is 12.1. The van der Waals surface area contributed by atoms with Crippen LogP contribution in [0.2, 0.25) is 0 Å². The molecule has 0 aliphatic heterocycles. The predicted molar refractivity (Wildman–Crippen MR) is 76.4 cm³/mol. The first-order valence-electron chi connectivity index (χ1n) is 6.64. The Morgan fingerprint density at radius 3 is 2.63 bits per heavy atom. The summed E-state index contributed by atoms with van der Waals surface area (Å²) in [5, 5.41) is 12.0. The smallest absolute Gasteiger partial charge is 0.254 e. The molecule has 2 N–H and O–H groups in total. The molecule has 0 fully saturated rings. The number of carbonyl (C=O) groups is 1. The van der Waals surface area contributed by atoms with E-state index in [9.17, 15) is 4.79 Å². The van der Waals surface area contributed by atoms with Crippen molar-refractivity contribution in [2.45, 2.75) is 33.2 Å². The molecule has 0 unspecified atom stereocenters. The predicted octanol–water partition coefficient (Wildman–Crippen LogP) is 1.53. The molecule has 19 heavy (non-hydrogen) atoms. The number of nitrogens with one attached hydrogen (secondary N) is 1. The summed E-state index contributed by atoms with van der Waals surface area (Å²) in [4.78, 5) is 18.5. The minimum atomic E-state index is -0.0716. The molecule has 1 rings (SSSR count). The third kappa shape index (κ3) is 3.92. The van der Waals surface area contributed by atoms with Gasteiger partial charge in [0, 0.05) is 30.9 Å². The summed E-state index contributed by atoms with van der Waals surface area (Å²) in [6.07, 6.45) is 0.775. The summed E-state index contributed by atoms with van der Waals surface area (Å²) in [5.41, 5.74) is 1.49. The lowest BCUT2D eigenvalue weighted by Gasteiger charge is -2.26. The van der Waals surface area contributed by atoms with E-state index in [0.717, 1.165) is 12.1 Å². The van der Waals surface area contributed by atoms with Gasteiger partial charge in [-0.1, -0.05) is 6.92 Å². The van der Waals surface area contributed by atoms with Crippen molar-refractivity contribution in [2.24, 2.45) is 0 Å². The Hall–Kier alpha value is -1.62. The quantitative estimate of drug-likeness (QED) is 0.818. The number of hydrogen-bond acceptors (Lipinski definition) is 4. The molecule has 1 amide bonds. The molecular weight excluding hydrogens is 242 g/mol. The Morgan fingerprint density at radius 2 is 2.16 bits per heavy atom. The van der Waals surface area contributed by atoms with E-state index in [-0.39, 0.29) is 18.6 Å². The van der Waals surface area contributed by atoms with Gasteiger partial charge in [0.05, 0.1) is 6.61 Å². The zero-order chi connectivity index (χ0) is 14.4. The number of pyridine rings is 1. The second-order valence-electron chi connectivity index (χ2n) is 4.65. The maximum absolute atomic E-state index is 12.5. The number of aryl methyl sites for hydroxylation is 1. The molecule has 5 heteroatoms. The Labute approximate surface area is 114 Å². The molecule has 1 aromatic heterocycles. The lowest BCUT2D eigenvalue weighted by molar-refractivity contribution is 0.0665. The molecule has 0 radical (unpaired) electrons. The van der Waals surface area contributed by atoms with Crippen molar-refractivity contribution < 1.29 is 9.90 Å². The van der Waals surface area contributed by atoms with E-state index in [1.807, 2.05) is 26.8 Å². The van der Waals surface area contributed by atoms with Crippen LogP contribution in [0.4, 0.5) is 5.82 Å². The molecule has 5 nitrogen and oxygen atoms in total. The van der Waals surface area contributed by atoms with Crippen molar-refractivity contribution in [3.63, 3.8) is 0 Å². The zero-order valence-corrected chi connectivity index (χ0v) is 12.1. The molecule has 0 saturated heterocycles. The third-order valence-electron chi connectivity index (χ3n) is 2.97. The number of aromatic nitrogens is 1. The Morgan fingerprint density at radius 1 is 1.47 bits per heavy atom. The topological polar surface area (TPSA) is 65.5 Å². The molecule has 1 aromatic rings.